The predicted octanol–water partition coefficient (Wildman–Crippen LogP) is 1.95. The smallest absolute Gasteiger partial charge is 0.191 e. The Labute approximate surface area is 127 Å². The van der Waals surface area contributed by atoms with Gasteiger partial charge in [-0.3, -0.25) is 4.99 Å². The Hall–Kier alpha value is -2.01. The molecule has 1 atom stereocenters. The summed E-state index contributed by atoms with van der Waals surface area (Å²) in [5.74, 6) is 1.59. The van der Waals surface area contributed by atoms with Gasteiger partial charge in [0.1, 0.15) is 12.4 Å². The van der Waals surface area contributed by atoms with Crippen LogP contribution in [0.3, 0.4) is 0 Å². The molecular weight excluding hydrogens is 266 g/mol. The highest BCUT2D eigenvalue weighted by Crippen LogP contribution is 2.17. The third kappa shape index (κ3) is 6.31. The number of methoxy groups -OCH3 is 1. The second-order valence-corrected chi connectivity index (χ2v) is 4.63. The van der Waals surface area contributed by atoms with Gasteiger partial charge in [0.2, 0.25) is 0 Å². The first-order valence-electron chi connectivity index (χ1n) is 6.99. The third-order valence-electron chi connectivity index (χ3n) is 2.80. The van der Waals surface area contributed by atoms with Crippen molar-refractivity contribution in [1.29, 1.82) is 0 Å². The molecule has 1 aromatic carbocycles. The standard InChI is InChI=1S/C16H25N3O2/c1-5-10-21-15-9-7-6-8-14(15)11-18-16(17-3)19-13(2)12-20-4/h5-9,13H,1,10-12H2,2-4H3,(H2,17,18,19). The maximum atomic E-state index is 5.63. The fourth-order valence-corrected chi connectivity index (χ4v) is 1.84. The molecule has 1 aromatic rings. The van der Waals surface area contributed by atoms with Gasteiger partial charge in [-0.1, -0.05) is 30.9 Å². The Bertz CT molecular complexity index is 461. The Morgan fingerprint density at radius 1 is 1.43 bits per heavy atom. The van der Waals surface area contributed by atoms with Gasteiger partial charge in [-0.2, -0.15) is 0 Å². The minimum Gasteiger partial charge on any atom is -0.489 e. The number of guanidine groups is 1. The second kappa shape index (κ2) is 9.83. The normalized spacial score (nSPS) is 12.6. The number of para-hydroxylation sites is 1. The number of aliphatic imine (C=N–C) groups is 1. The molecule has 1 rings (SSSR count). The van der Waals surface area contributed by atoms with Crippen molar-refractivity contribution in [3.8, 4) is 5.75 Å². The fourth-order valence-electron chi connectivity index (χ4n) is 1.84. The molecule has 0 aliphatic heterocycles. The SMILES string of the molecule is C=CCOc1ccccc1CNC(=NC)NC(C)COC. The highest BCUT2D eigenvalue weighted by atomic mass is 16.5. The molecule has 5 heteroatoms. The number of nitrogens with zero attached hydrogens (tertiary/aromatic N) is 1. The molecular formula is C16H25N3O2. The van der Waals surface area contributed by atoms with Gasteiger partial charge < -0.3 is 20.1 Å². The molecule has 1 unspecified atom stereocenters. The lowest BCUT2D eigenvalue weighted by Gasteiger charge is -2.18. The number of rotatable bonds is 8. The Morgan fingerprint density at radius 2 is 2.19 bits per heavy atom. The molecule has 0 fully saturated rings. The van der Waals surface area contributed by atoms with Gasteiger partial charge in [-0.05, 0) is 13.0 Å². The highest BCUT2D eigenvalue weighted by Gasteiger charge is 2.06. The number of ether oxygens (including phenoxy) is 2. The van der Waals surface area contributed by atoms with Gasteiger partial charge in [-0.25, -0.2) is 0 Å². The molecule has 0 heterocycles. The van der Waals surface area contributed by atoms with Crippen molar-refractivity contribution >= 4 is 5.96 Å². The zero-order valence-electron chi connectivity index (χ0n) is 13.1. The lowest BCUT2D eigenvalue weighted by Crippen LogP contribution is -2.43. The summed E-state index contributed by atoms with van der Waals surface area (Å²) < 4.78 is 10.7. The van der Waals surface area contributed by atoms with Crippen molar-refractivity contribution in [2.24, 2.45) is 4.99 Å². The fraction of sp³-hybridized carbons (Fsp3) is 0.438. The molecule has 0 aromatic heterocycles. The molecule has 0 saturated heterocycles. The van der Waals surface area contributed by atoms with E-state index in [1.54, 1.807) is 20.2 Å². The van der Waals surface area contributed by atoms with Crippen molar-refractivity contribution in [2.75, 3.05) is 27.4 Å². The summed E-state index contributed by atoms with van der Waals surface area (Å²) >= 11 is 0. The van der Waals surface area contributed by atoms with Crippen LogP contribution in [0.15, 0.2) is 41.9 Å². The molecule has 5 nitrogen and oxygen atoms in total. The minimum atomic E-state index is 0.188. The predicted molar refractivity (Wildman–Crippen MR) is 86.8 cm³/mol. The number of hydrogen-bond acceptors (Lipinski definition) is 3. The zero-order valence-corrected chi connectivity index (χ0v) is 13.1. The molecule has 0 saturated carbocycles. The lowest BCUT2D eigenvalue weighted by molar-refractivity contribution is 0.179. The van der Waals surface area contributed by atoms with Crippen LogP contribution in [-0.4, -0.2) is 39.4 Å². The van der Waals surface area contributed by atoms with E-state index in [9.17, 15) is 0 Å². The van der Waals surface area contributed by atoms with Gasteiger partial charge in [0.15, 0.2) is 5.96 Å². The minimum absolute atomic E-state index is 0.188. The van der Waals surface area contributed by atoms with E-state index < -0.39 is 0 Å². The van der Waals surface area contributed by atoms with E-state index in [1.807, 2.05) is 31.2 Å². The summed E-state index contributed by atoms with van der Waals surface area (Å²) in [6.45, 7) is 7.45. The van der Waals surface area contributed by atoms with Gasteiger partial charge >= 0.3 is 0 Å². The summed E-state index contributed by atoms with van der Waals surface area (Å²) in [4.78, 5) is 4.20. The first kappa shape index (κ1) is 17.0. The summed E-state index contributed by atoms with van der Waals surface area (Å²) in [5, 5.41) is 6.53. The molecule has 0 radical (unpaired) electrons. The quantitative estimate of drug-likeness (QED) is 0.437. The summed E-state index contributed by atoms with van der Waals surface area (Å²) in [5.41, 5.74) is 1.07. The van der Waals surface area contributed by atoms with E-state index in [2.05, 4.69) is 22.2 Å². The van der Waals surface area contributed by atoms with Crippen LogP contribution in [-0.2, 0) is 11.3 Å². The monoisotopic (exact) mass is 291 g/mol. The van der Waals surface area contributed by atoms with E-state index >= 15 is 0 Å². The average Bonchev–Trinajstić information content (AvgIpc) is 2.50. The molecule has 0 amide bonds. The van der Waals surface area contributed by atoms with Crippen LogP contribution in [0.1, 0.15) is 12.5 Å². The van der Waals surface area contributed by atoms with Crippen LogP contribution < -0.4 is 15.4 Å². The molecule has 0 aliphatic carbocycles. The van der Waals surface area contributed by atoms with E-state index in [-0.39, 0.29) is 6.04 Å². The van der Waals surface area contributed by atoms with E-state index in [0.717, 1.165) is 17.3 Å². The first-order valence-corrected chi connectivity index (χ1v) is 6.99. The second-order valence-electron chi connectivity index (χ2n) is 4.63. The largest absolute Gasteiger partial charge is 0.489 e. The van der Waals surface area contributed by atoms with E-state index in [4.69, 9.17) is 9.47 Å². The van der Waals surface area contributed by atoms with Crippen LogP contribution in [0.4, 0.5) is 0 Å². The summed E-state index contributed by atoms with van der Waals surface area (Å²) in [6, 6.07) is 8.10. The van der Waals surface area contributed by atoms with Crippen LogP contribution in [0.2, 0.25) is 0 Å². The highest BCUT2D eigenvalue weighted by molar-refractivity contribution is 5.80. The Kier molecular flexibility index (Phi) is 7.97. The van der Waals surface area contributed by atoms with Gasteiger partial charge in [0, 0.05) is 32.3 Å². The van der Waals surface area contributed by atoms with Crippen LogP contribution in [0, 0.1) is 0 Å². The first-order chi connectivity index (χ1) is 10.2. The Morgan fingerprint density at radius 3 is 2.86 bits per heavy atom. The number of hydrogen-bond donors (Lipinski definition) is 2. The van der Waals surface area contributed by atoms with E-state index in [0.29, 0.717) is 19.8 Å². The van der Waals surface area contributed by atoms with Crippen molar-refractivity contribution < 1.29 is 9.47 Å². The average molecular weight is 291 g/mol. The molecule has 21 heavy (non-hydrogen) atoms. The van der Waals surface area contributed by atoms with Crippen LogP contribution in [0.25, 0.3) is 0 Å². The number of benzene rings is 1. The lowest BCUT2D eigenvalue weighted by atomic mass is 10.2. The van der Waals surface area contributed by atoms with Crippen molar-refractivity contribution in [1.82, 2.24) is 10.6 Å². The summed E-state index contributed by atoms with van der Waals surface area (Å²) in [7, 11) is 3.43. The third-order valence-corrected chi connectivity index (χ3v) is 2.80. The summed E-state index contributed by atoms with van der Waals surface area (Å²) in [6.07, 6.45) is 1.73. The van der Waals surface area contributed by atoms with Gasteiger partial charge in [0.05, 0.1) is 6.61 Å². The maximum absolute atomic E-state index is 5.63. The van der Waals surface area contributed by atoms with Crippen molar-refractivity contribution in [3.63, 3.8) is 0 Å². The van der Waals surface area contributed by atoms with E-state index in [1.165, 1.54) is 0 Å². The van der Waals surface area contributed by atoms with Crippen molar-refractivity contribution in [3.05, 3.63) is 42.5 Å². The maximum Gasteiger partial charge on any atom is 0.191 e. The topological polar surface area (TPSA) is 54.9 Å². The van der Waals surface area contributed by atoms with Crippen LogP contribution in [0.5, 0.6) is 5.75 Å². The molecule has 0 aliphatic rings. The molecule has 0 spiro atoms. The zero-order chi connectivity index (χ0) is 15.5. The number of nitrogens with one attached hydrogen (secondary N) is 2. The van der Waals surface area contributed by atoms with Crippen molar-refractivity contribution in [2.45, 2.75) is 19.5 Å². The molecule has 116 valence electrons. The van der Waals surface area contributed by atoms with Gasteiger partial charge in [-0.15, -0.1) is 0 Å². The molecule has 0 bridgehead atoms. The van der Waals surface area contributed by atoms with Gasteiger partial charge in [0.25, 0.3) is 0 Å². The molecule has 2 N–H and O–H groups in total. The Balaban J connectivity index is 2.58. The van der Waals surface area contributed by atoms with Crippen LogP contribution >= 0.6 is 0 Å².